The van der Waals surface area contributed by atoms with Crippen molar-refractivity contribution in [2.45, 2.75) is 26.8 Å². The zero-order chi connectivity index (χ0) is 10.7. The Morgan fingerprint density at radius 1 is 1.29 bits per heavy atom. The number of rotatable bonds is 3. The number of hydrogen-bond donors (Lipinski definition) is 1. The Hall–Kier alpha value is -1.16. The minimum absolute atomic E-state index is 0.622. The van der Waals surface area contributed by atoms with Crippen LogP contribution in [0.1, 0.15) is 24.0 Å². The second kappa shape index (κ2) is 4.37. The molecule has 0 unspecified atom stereocenters. The molecule has 0 aliphatic carbocycles. The fourth-order valence-electron chi connectivity index (χ4n) is 1.47. The molecule has 1 rings (SSSR count). The van der Waals surface area contributed by atoms with Crippen molar-refractivity contribution in [2.75, 3.05) is 19.8 Å². The fraction of sp³-hybridized carbons (Fsp3) is 0.600. The van der Waals surface area contributed by atoms with E-state index < -0.39 is 0 Å². The Bertz CT molecular complexity index is 297. The molecule has 0 spiro atoms. The minimum atomic E-state index is 0.622. The summed E-state index contributed by atoms with van der Waals surface area (Å²) in [6.45, 7) is 4.78. The first-order chi connectivity index (χ1) is 6.54. The molecule has 0 radical (unpaired) electrons. The van der Waals surface area contributed by atoms with Gasteiger partial charge in [-0.25, -0.2) is 9.97 Å². The van der Waals surface area contributed by atoms with Crippen LogP contribution in [0.25, 0.3) is 0 Å². The quantitative estimate of drug-likeness (QED) is 0.779. The standard InChI is InChI=1S/C10H18N4/c1-5-8-7(2)12-9(6-14(3)4)13-10(8)11/h5-6H2,1-4H3,(H2,11,12,13). The van der Waals surface area contributed by atoms with Gasteiger partial charge in [0.05, 0.1) is 6.54 Å². The summed E-state index contributed by atoms with van der Waals surface area (Å²) in [5.41, 5.74) is 7.90. The summed E-state index contributed by atoms with van der Waals surface area (Å²) in [5.74, 6) is 1.42. The highest BCUT2D eigenvalue weighted by Crippen LogP contribution is 2.13. The summed E-state index contributed by atoms with van der Waals surface area (Å²) in [6, 6.07) is 0. The van der Waals surface area contributed by atoms with Gasteiger partial charge in [-0.3, -0.25) is 0 Å². The molecule has 0 atom stereocenters. The Morgan fingerprint density at radius 2 is 1.93 bits per heavy atom. The largest absolute Gasteiger partial charge is 0.383 e. The van der Waals surface area contributed by atoms with Crippen molar-refractivity contribution in [3.05, 3.63) is 17.1 Å². The maximum atomic E-state index is 5.84. The third-order valence-electron chi connectivity index (χ3n) is 2.10. The molecular weight excluding hydrogens is 176 g/mol. The van der Waals surface area contributed by atoms with Gasteiger partial charge in [-0.05, 0) is 27.4 Å². The van der Waals surface area contributed by atoms with Crippen LogP contribution in [0.2, 0.25) is 0 Å². The van der Waals surface area contributed by atoms with Crippen LogP contribution in [0, 0.1) is 6.92 Å². The molecule has 1 heterocycles. The molecule has 78 valence electrons. The molecule has 14 heavy (non-hydrogen) atoms. The van der Waals surface area contributed by atoms with E-state index in [1.165, 1.54) is 0 Å². The number of nitrogens with two attached hydrogens (primary N) is 1. The van der Waals surface area contributed by atoms with Crippen molar-refractivity contribution in [3.8, 4) is 0 Å². The SMILES string of the molecule is CCc1c(C)nc(CN(C)C)nc1N. The van der Waals surface area contributed by atoms with Crippen LogP contribution in [0.3, 0.4) is 0 Å². The highest BCUT2D eigenvalue weighted by Gasteiger charge is 2.07. The van der Waals surface area contributed by atoms with E-state index in [1.54, 1.807) is 0 Å². The van der Waals surface area contributed by atoms with E-state index in [-0.39, 0.29) is 0 Å². The van der Waals surface area contributed by atoms with E-state index in [0.717, 1.165) is 30.0 Å². The summed E-state index contributed by atoms with van der Waals surface area (Å²) in [7, 11) is 3.98. The van der Waals surface area contributed by atoms with E-state index in [0.29, 0.717) is 5.82 Å². The first-order valence-corrected chi connectivity index (χ1v) is 4.81. The Balaban J connectivity index is 3.01. The van der Waals surface area contributed by atoms with Crippen LogP contribution in [0.15, 0.2) is 0 Å². The van der Waals surface area contributed by atoms with Crippen molar-refractivity contribution >= 4 is 5.82 Å². The predicted molar refractivity (Wildman–Crippen MR) is 58.0 cm³/mol. The highest BCUT2D eigenvalue weighted by molar-refractivity contribution is 5.41. The first kappa shape index (κ1) is 10.9. The third-order valence-corrected chi connectivity index (χ3v) is 2.10. The lowest BCUT2D eigenvalue weighted by molar-refractivity contribution is 0.390. The van der Waals surface area contributed by atoms with E-state index in [4.69, 9.17) is 5.73 Å². The molecule has 0 aliphatic heterocycles. The zero-order valence-corrected chi connectivity index (χ0v) is 9.33. The lowest BCUT2D eigenvalue weighted by atomic mass is 10.2. The molecule has 0 aliphatic rings. The highest BCUT2D eigenvalue weighted by atomic mass is 15.1. The lowest BCUT2D eigenvalue weighted by Crippen LogP contribution is -2.15. The van der Waals surface area contributed by atoms with Crippen molar-refractivity contribution in [1.82, 2.24) is 14.9 Å². The van der Waals surface area contributed by atoms with Gasteiger partial charge < -0.3 is 10.6 Å². The van der Waals surface area contributed by atoms with Crippen LogP contribution in [0.4, 0.5) is 5.82 Å². The van der Waals surface area contributed by atoms with Gasteiger partial charge in [0.2, 0.25) is 0 Å². The van der Waals surface area contributed by atoms with Crippen molar-refractivity contribution < 1.29 is 0 Å². The number of nitrogen functional groups attached to an aromatic ring is 1. The summed E-state index contributed by atoms with van der Waals surface area (Å²) in [4.78, 5) is 10.7. The van der Waals surface area contributed by atoms with E-state index in [9.17, 15) is 0 Å². The Morgan fingerprint density at radius 3 is 2.36 bits per heavy atom. The van der Waals surface area contributed by atoms with Gasteiger partial charge in [0, 0.05) is 11.3 Å². The van der Waals surface area contributed by atoms with Gasteiger partial charge >= 0.3 is 0 Å². The summed E-state index contributed by atoms with van der Waals surface area (Å²) < 4.78 is 0. The molecule has 0 amide bonds. The summed E-state index contributed by atoms with van der Waals surface area (Å²) in [6.07, 6.45) is 0.889. The molecule has 0 saturated heterocycles. The van der Waals surface area contributed by atoms with E-state index in [1.807, 2.05) is 25.9 Å². The van der Waals surface area contributed by atoms with Gasteiger partial charge in [-0.1, -0.05) is 6.92 Å². The van der Waals surface area contributed by atoms with Crippen molar-refractivity contribution in [3.63, 3.8) is 0 Å². The number of aryl methyl sites for hydroxylation is 1. The van der Waals surface area contributed by atoms with Gasteiger partial charge in [0.1, 0.15) is 11.6 Å². The average Bonchev–Trinajstić information content (AvgIpc) is 2.01. The Kier molecular flexibility index (Phi) is 3.41. The Labute approximate surface area is 85.2 Å². The molecule has 4 heteroatoms. The molecule has 1 aromatic heterocycles. The summed E-state index contributed by atoms with van der Waals surface area (Å²) in [5, 5.41) is 0. The second-order valence-electron chi connectivity index (χ2n) is 3.68. The van der Waals surface area contributed by atoms with Crippen LogP contribution >= 0.6 is 0 Å². The smallest absolute Gasteiger partial charge is 0.144 e. The zero-order valence-electron chi connectivity index (χ0n) is 9.33. The minimum Gasteiger partial charge on any atom is -0.383 e. The average molecular weight is 194 g/mol. The van der Waals surface area contributed by atoms with Gasteiger partial charge in [0.25, 0.3) is 0 Å². The molecule has 0 fully saturated rings. The third kappa shape index (κ3) is 2.42. The van der Waals surface area contributed by atoms with E-state index >= 15 is 0 Å². The topological polar surface area (TPSA) is 55.0 Å². The second-order valence-corrected chi connectivity index (χ2v) is 3.68. The molecule has 2 N–H and O–H groups in total. The number of hydrogen-bond acceptors (Lipinski definition) is 4. The van der Waals surface area contributed by atoms with Crippen LogP contribution in [-0.4, -0.2) is 29.0 Å². The van der Waals surface area contributed by atoms with Crippen molar-refractivity contribution in [1.29, 1.82) is 0 Å². The molecule has 0 saturated carbocycles. The monoisotopic (exact) mass is 194 g/mol. The molecule has 0 aromatic carbocycles. The lowest BCUT2D eigenvalue weighted by Gasteiger charge is -2.11. The van der Waals surface area contributed by atoms with E-state index in [2.05, 4.69) is 16.9 Å². The van der Waals surface area contributed by atoms with Crippen LogP contribution < -0.4 is 5.73 Å². The molecular formula is C10H18N4. The predicted octanol–water partition coefficient (Wildman–Crippen LogP) is 0.991. The van der Waals surface area contributed by atoms with Gasteiger partial charge in [0.15, 0.2) is 0 Å². The summed E-state index contributed by atoms with van der Waals surface area (Å²) >= 11 is 0. The molecule has 4 nitrogen and oxygen atoms in total. The first-order valence-electron chi connectivity index (χ1n) is 4.81. The maximum Gasteiger partial charge on any atom is 0.144 e. The van der Waals surface area contributed by atoms with Gasteiger partial charge in [-0.15, -0.1) is 0 Å². The van der Waals surface area contributed by atoms with Gasteiger partial charge in [-0.2, -0.15) is 0 Å². The normalized spacial score (nSPS) is 10.9. The number of nitrogens with zero attached hydrogens (tertiary/aromatic N) is 3. The number of anilines is 1. The fourth-order valence-corrected chi connectivity index (χ4v) is 1.47. The maximum absolute atomic E-state index is 5.84. The van der Waals surface area contributed by atoms with Crippen LogP contribution in [0.5, 0.6) is 0 Å². The van der Waals surface area contributed by atoms with Crippen molar-refractivity contribution in [2.24, 2.45) is 0 Å². The molecule has 0 bridgehead atoms. The van der Waals surface area contributed by atoms with Crippen LogP contribution in [-0.2, 0) is 13.0 Å². The number of aromatic nitrogens is 2. The molecule has 1 aromatic rings.